The molecule has 1 aromatic heterocycles. The Morgan fingerprint density at radius 3 is 2.33 bits per heavy atom. The second-order valence-corrected chi connectivity index (χ2v) is 2.98. The van der Waals surface area contributed by atoms with Gasteiger partial charge >= 0.3 is 0 Å². The van der Waals surface area contributed by atoms with E-state index in [2.05, 4.69) is 25.7 Å². The molecule has 1 saturated heterocycles. The van der Waals surface area contributed by atoms with Gasteiger partial charge < -0.3 is 10.7 Å². The maximum absolute atomic E-state index is 3.93. The van der Waals surface area contributed by atoms with Gasteiger partial charge in [-0.25, -0.2) is 15.0 Å². The fourth-order valence-corrected chi connectivity index (χ4v) is 1.32. The number of hydrogen-bond acceptors (Lipinski definition) is 5. The van der Waals surface area contributed by atoms with Gasteiger partial charge in [-0.3, -0.25) is 0 Å². The van der Waals surface area contributed by atoms with Crippen LogP contribution in [0.5, 0.6) is 0 Å². The Morgan fingerprint density at radius 2 is 1.73 bits per heavy atom. The molecule has 0 aromatic carbocycles. The fraction of sp³-hybridized carbons (Fsp3) is 0.500. The second-order valence-electron chi connectivity index (χ2n) is 2.98. The van der Waals surface area contributed by atoms with Crippen molar-refractivity contribution in [1.82, 2.24) is 20.3 Å². The molecule has 86 valence electrons. The van der Waals surface area contributed by atoms with Gasteiger partial charge in [-0.05, 0) is 0 Å². The Labute approximate surface area is 101 Å². The standard InChI is InChI=1S/C8H13N5.2ClH/c1-3-13(4-2-9-1)12-8-5-10-7-11-6-8;;/h5-7,9,12H,1-4H2;2*1H. The van der Waals surface area contributed by atoms with Gasteiger partial charge in [-0.15, -0.1) is 24.8 Å². The average Bonchev–Trinajstić information content (AvgIpc) is 2.21. The Bertz CT molecular complexity index is 252. The van der Waals surface area contributed by atoms with Crippen LogP contribution < -0.4 is 10.7 Å². The number of anilines is 1. The van der Waals surface area contributed by atoms with Crippen molar-refractivity contribution in [3.05, 3.63) is 18.7 Å². The van der Waals surface area contributed by atoms with E-state index in [1.807, 2.05) is 0 Å². The number of rotatable bonds is 2. The maximum atomic E-state index is 3.93. The molecule has 0 unspecified atom stereocenters. The Balaban J connectivity index is 0.000000980. The molecule has 1 aromatic rings. The van der Waals surface area contributed by atoms with Crippen molar-refractivity contribution < 1.29 is 0 Å². The molecule has 1 aliphatic heterocycles. The first kappa shape index (κ1) is 14.4. The van der Waals surface area contributed by atoms with Gasteiger partial charge in [0.05, 0.1) is 18.1 Å². The zero-order valence-electron chi connectivity index (χ0n) is 8.22. The highest BCUT2D eigenvalue weighted by Crippen LogP contribution is 2.02. The summed E-state index contributed by atoms with van der Waals surface area (Å²) in [6, 6.07) is 0. The van der Waals surface area contributed by atoms with Crippen molar-refractivity contribution in [3.63, 3.8) is 0 Å². The third kappa shape index (κ3) is 4.61. The van der Waals surface area contributed by atoms with Crippen molar-refractivity contribution in [1.29, 1.82) is 0 Å². The smallest absolute Gasteiger partial charge is 0.115 e. The molecule has 2 heterocycles. The zero-order valence-corrected chi connectivity index (χ0v) is 9.85. The maximum Gasteiger partial charge on any atom is 0.115 e. The molecule has 2 N–H and O–H groups in total. The van der Waals surface area contributed by atoms with Crippen molar-refractivity contribution >= 4 is 30.5 Å². The summed E-state index contributed by atoms with van der Waals surface area (Å²) in [6.07, 6.45) is 5.08. The molecular formula is C8H15Cl2N5. The van der Waals surface area contributed by atoms with E-state index in [1.54, 1.807) is 12.4 Å². The van der Waals surface area contributed by atoms with E-state index >= 15 is 0 Å². The molecule has 0 bridgehead atoms. The Morgan fingerprint density at radius 1 is 1.13 bits per heavy atom. The quantitative estimate of drug-likeness (QED) is 0.805. The number of piperazine rings is 1. The minimum Gasteiger partial charge on any atom is -0.316 e. The molecule has 0 aliphatic carbocycles. The molecule has 15 heavy (non-hydrogen) atoms. The van der Waals surface area contributed by atoms with Gasteiger partial charge in [-0.1, -0.05) is 0 Å². The van der Waals surface area contributed by atoms with Crippen LogP contribution in [0.25, 0.3) is 0 Å². The van der Waals surface area contributed by atoms with E-state index in [1.165, 1.54) is 6.33 Å². The van der Waals surface area contributed by atoms with Crippen LogP contribution in [-0.2, 0) is 0 Å². The normalized spacial score (nSPS) is 16.0. The summed E-state index contributed by atoms with van der Waals surface area (Å²) in [7, 11) is 0. The van der Waals surface area contributed by atoms with Crippen LogP contribution in [0.15, 0.2) is 18.7 Å². The van der Waals surface area contributed by atoms with Crippen LogP contribution in [-0.4, -0.2) is 41.2 Å². The number of halogens is 2. The Kier molecular flexibility index (Phi) is 7.33. The lowest BCUT2D eigenvalue weighted by Gasteiger charge is -2.28. The summed E-state index contributed by atoms with van der Waals surface area (Å²) in [6.45, 7) is 4.07. The number of hydrogen-bond donors (Lipinski definition) is 2. The lowest BCUT2D eigenvalue weighted by atomic mass is 10.4. The van der Waals surface area contributed by atoms with Gasteiger partial charge in [-0.2, -0.15) is 0 Å². The lowest BCUT2D eigenvalue weighted by molar-refractivity contribution is 0.287. The van der Waals surface area contributed by atoms with E-state index in [4.69, 9.17) is 0 Å². The van der Waals surface area contributed by atoms with E-state index in [0.717, 1.165) is 31.9 Å². The highest BCUT2D eigenvalue weighted by molar-refractivity contribution is 5.85. The first-order valence-corrected chi connectivity index (χ1v) is 4.42. The predicted octanol–water partition coefficient (Wildman–Crippen LogP) is 0.552. The first-order chi connectivity index (χ1) is 6.45. The van der Waals surface area contributed by atoms with E-state index < -0.39 is 0 Å². The highest BCUT2D eigenvalue weighted by atomic mass is 35.5. The van der Waals surface area contributed by atoms with Crippen molar-refractivity contribution in [2.45, 2.75) is 0 Å². The lowest BCUT2D eigenvalue weighted by Crippen LogP contribution is -2.46. The molecule has 5 nitrogen and oxygen atoms in total. The number of aromatic nitrogens is 2. The summed E-state index contributed by atoms with van der Waals surface area (Å²) in [5.41, 5.74) is 4.20. The Hall–Kier alpha value is -0.620. The molecule has 0 spiro atoms. The van der Waals surface area contributed by atoms with E-state index in [-0.39, 0.29) is 24.8 Å². The number of nitrogens with one attached hydrogen (secondary N) is 2. The highest BCUT2D eigenvalue weighted by Gasteiger charge is 2.08. The monoisotopic (exact) mass is 251 g/mol. The topological polar surface area (TPSA) is 53.1 Å². The molecule has 1 aliphatic rings. The molecular weight excluding hydrogens is 237 g/mol. The molecule has 2 rings (SSSR count). The van der Waals surface area contributed by atoms with Crippen LogP contribution in [0.1, 0.15) is 0 Å². The van der Waals surface area contributed by atoms with Crippen LogP contribution >= 0.6 is 24.8 Å². The van der Waals surface area contributed by atoms with Crippen LogP contribution in [0.3, 0.4) is 0 Å². The molecule has 0 saturated carbocycles. The zero-order chi connectivity index (χ0) is 8.93. The third-order valence-corrected chi connectivity index (χ3v) is 1.96. The minimum absolute atomic E-state index is 0. The summed E-state index contributed by atoms with van der Waals surface area (Å²) in [4.78, 5) is 7.87. The molecule has 0 atom stereocenters. The van der Waals surface area contributed by atoms with E-state index in [9.17, 15) is 0 Å². The van der Waals surface area contributed by atoms with Gasteiger partial charge in [0.2, 0.25) is 0 Å². The largest absolute Gasteiger partial charge is 0.316 e. The SMILES string of the molecule is Cl.Cl.c1ncc(NN2CCNCC2)cn1. The van der Waals surface area contributed by atoms with Gasteiger partial charge in [0.15, 0.2) is 0 Å². The molecule has 7 heteroatoms. The fourth-order valence-electron chi connectivity index (χ4n) is 1.32. The molecule has 0 radical (unpaired) electrons. The van der Waals surface area contributed by atoms with Crippen LogP contribution in [0.4, 0.5) is 5.69 Å². The number of hydrazine groups is 1. The summed E-state index contributed by atoms with van der Waals surface area (Å²) in [5, 5.41) is 5.45. The first-order valence-electron chi connectivity index (χ1n) is 4.42. The van der Waals surface area contributed by atoms with Crippen molar-refractivity contribution in [3.8, 4) is 0 Å². The van der Waals surface area contributed by atoms with E-state index in [0.29, 0.717) is 0 Å². The van der Waals surface area contributed by atoms with Crippen LogP contribution in [0.2, 0.25) is 0 Å². The van der Waals surface area contributed by atoms with Crippen LogP contribution in [0, 0.1) is 0 Å². The van der Waals surface area contributed by atoms with Gasteiger partial charge in [0.25, 0.3) is 0 Å². The number of nitrogens with zero attached hydrogens (tertiary/aromatic N) is 3. The van der Waals surface area contributed by atoms with Gasteiger partial charge in [0, 0.05) is 26.2 Å². The molecule has 1 fully saturated rings. The van der Waals surface area contributed by atoms with Crippen molar-refractivity contribution in [2.24, 2.45) is 0 Å². The third-order valence-electron chi connectivity index (χ3n) is 1.96. The summed E-state index contributed by atoms with van der Waals surface area (Å²) < 4.78 is 0. The second kappa shape index (κ2) is 7.64. The van der Waals surface area contributed by atoms with Crippen molar-refractivity contribution in [2.75, 3.05) is 31.6 Å². The molecule has 0 amide bonds. The summed E-state index contributed by atoms with van der Waals surface area (Å²) in [5.74, 6) is 0. The minimum atomic E-state index is 0. The van der Waals surface area contributed by atoms with Gasteiger partial charge in [0.1, 0.15) is 6.33 Å². The average molecular weight is 252 g/mol. The summed E-state index contributed by atoms with van der Waals surface area (Å²) >= 11 is 0. The predicted molar refractivity (Wildman–Crippen MR) is 64.6 cm³/mol.